The molecule has 1 saturated carbocycles. The van der Waals surface area contributed by atoms with E-state index in [1.54, 1.807) is 7.05 Å². The molecule has 0 aromatic heterocycles. The van der Waals surface area contributed by atoms with Crippen LogP contribution in [-0.4, -0.2) is 51.8 Å². The summed E-state index contributed by atoms with van der Waals surface area (Å²) in [5, 5.41) is 9.80. The van der Waals surface area contributed by atoms with E-state index in [4.69, 9.17) is 4.74 Å². The molecule has 1 aromatic carbocycles. The zero-order valence-corrected chi connectivity index (χ0v) is 17.4. The molecule has 2 rings (SSSR count). The van der Waals surface area contributed by atoms with Gasteiger partial charge in [-0.15, -0.1) is 0 Å². The predicted octanol–water partition coefficient (Wildman–Crippen LogP) is 2.96. The van der Waals surface area contributed by atoms with Gasteiger partial charge < -0.3 is 20.7 Å². The zero-order valence-electron chi connectivity index (χ0n) is 17.4. The van der Waals surface area contributed by atoms with E-state index < -0.39 is 0 Å². The minimum atomic E-state index is -0.0272. The number of nitrogens with one attached hydrogen (secondary N) is 3. The molecule has 3 N–H and O–H groups in total. The maximum absolute atomic E-state index is 12.0. The summed E-state index contributed by atoms with van der Waals surface area (Å²) in [5.41, 5.74) is 1.03. The standard InChI is InChI=1S/C22H36N4O2/c1-3-28-17-14-22(12-7-8-13-22)18-26-21(23-2)25-16-9-15-24-20(27)19-10-5-4-6-11-19/h4-6,10-11H,3,7-9,12-18H2,1-2H3,(H,24,27)(H2,23,25,26). The number of amides is 1. The third kappa shape index (κ3) is 7.50. The van der Waals surface area contributed by atoms with Crippen LogP contribution in [0.1, 0.15) is 55.8 Å². The van der Waals surface area contributed by atoms with E-state index in [2.05, 4.69) is 20.9 Å². The number of carbonyl (C=O) groups excluding carboxylic acids is 1. The number of hydrogen-bond donors (Lipinski definition) is 3. The number of carbonyl (C=O) groups is 1. The molecule has 0 heterocycles. The van der Waals surface area contributed by atoms with Gasteiger partial charge >= 0.3 is 0 Å². The summed E-state index contributed by atoms with van der Waals surface area (Å²) in [6, 6.07) is 9.30. The van der Waals surface area contributed by atoms with E-state index in [0.29, 0.717) is 17.5 Å². The zero-order chi connectivity index (χ0) is 20.1. The van der Waals surface area contributed by atoms with Gasteiger partial charge in [-0.25, -0.2) is 0 Å². The Balaban J connectivity index is 1.64. The van der Waals surface area contributed by atoms with E-state index in [1.807, 2.05) is 37.3 Å². The molecule has 0 unspecified atom stereocenters. The minimum Gasteiger partial charge on any atom is -0.382 e. The number of rotatable bonds is 11. The fourth-order valence-electron chi connectivity index (χ4n) is 3.75. The Kier molecular flexibility index (Phi) is 9.83. The first-order valence-electron chi connectivity index (χ1n) is 10.5. The first kappa shape index (κ1) is 22.2. The van der Waals surface area contributed by atoms with Gasteiger partial charge in [-0.05, 0) is 50.2 Å². The summed E-state index contributed by atoms with van der Waals surface area (Å²) in [7, 11) is 1.80. The van der Waals surface area contributed by atoms with Crippen molar-refractivity contribution in [3.05, 3.63) is 35.9 Å². The highest BCUT2D eigenvalue weighted by molar-refractivity contribution is 5.94. The molecule has 28 heavy (non-hydrogen) atoms. The first-order valence-corrected chi connectivity index (χ1v) is 10.5. The van der Waals surface area contributed by atoms with Crippen LogP contribution in [0.4, 0.5) is 0 Å². The normalized spacial score (nSPS) is 16.0. The molecule has 156 valence electrons. The summed E-state index contributed by atoms with van der Waals surface area (Å²) in [6.07, 6.45) is 7.08. The minimum absolute atomic E-state index is 0.0272. The van der Waals surface area contributed by atoms with E-state index >= 15 is 0 Å². The molecule has 1 amide bonds. The number of nitrogens with zero attached hydrogens (tertiary/aromatic N) is 1. The quantitative estimate of drug-likeness (QED) is 0.310. The van der Waals surface area contributed by atoms with Gasteiger partial charge in [0.15, 0.2) is 5.96 Å². The monoisotopic (exact) mass is 388 g/mol. The predicted molar refractivity (Wildman–Crippen MR) is 115 cm³/mol. The Hall–Kier alpha value is -2.08. The lowest BCUT2D eigenvalue weighted by Crippen LogP contribution is -2.44. The fraction of sp³-hybridized carbons (Fsp3) is 0.636. The van der Waals surface area contributed by atoms with E-state index in [1.165, 1.54) is 25.7 Å². The molecule has 0 saturated heterocycles. The van der Waals surface area contributed by atoms with Crippen LogP contribution >= 0.6 is 0 Å². The summed E-state index contributed by atoms with van der Waals surface area (Å²) < 4.78 is 5.59. The second-order valence-corrected chi connectivity index (χ2v) is 7.48. The van der Waals surface area contributed by atoms with Gasteiger partial charge in [0.1, 0.15) is 0 Å². The van der Waals surface area contributed by atoms with Crippen LogP contribution < -0.4 is 16.0 Å². The molecule has 1 aromatic rings. The van der Waals surface area contributed by atoms with Gasteiger partial charge in [0.25, 0.3) is 5.91 Å². The molecule has 6 heteroatoms. The van der Waals surface area contributed by atoms with Crippen LogP contribution in [0.25, 0.3) is 0 Å². The Bertz CT molecular complexity index is 598. The molecule has 0 aliphatic heterocycles. The Morgan fingerprint density at radius 1 is 1.11 bits per heavy atom. The van der Waals surface area contributed by atoms with Crippen molar-refractivity contribution < 1.29 is 9.53 Å². The van der Waals surface area contributed by atoms with Gasteiger partial charge in [-0.3, -0.25) is 9.79 Å². The molecule has 0 spiro atoms. The van der Waals surface area contributed by atoms with E-state index in [-0.39, 0.29) is 5.91 Å². The fourth-order valence-corrected chi connectivity index (χ4v) is 3.75. The van der Waals surface area contributed by atoms with Gasteiger partial charge in [0.2, 0.25) is 0 Å². The third-order valence-electron chi connectivity index (χ3n) is 5.47. The molecule has 1 fully saturated rings. The Morgan fingerprint density at radius 3 is 2.50 bits per heavy atom. The molecule has 1 aliphatic rings. The smallest absolute Gasteiger partial charge is 0.251 e. The highest BCUT2D eigenvalue weighted by Crippen LogP contribution is 2.40. The van der Waals surface area contributed by atoms with Crippen LogP contribution in [0.3, 0.4) is 0 Å². The lowest BCUT2D eigenvalue weighted by Gasteiger charge is -2.30. The Labute approximate surface area is 169 Å². The van der Waals surface area contributed by atoms with E-state index in [9.17, 15) is 4.79 Å². The van der Waals surface area contributed by atoms with Crippen molar-refractivity contribution in [1.29, 1.82) is 0 Å². The maximum atomic E-state index is 12.0. The lowest BCUT2D eigenvalue weighted by atomic mass is 9.83. The summed E-state index contributed by atoms with van der Waals surface area (Å²) in [5.74, 6) is 0.803. The molecule has 0 radical (unpaired) electrons. The largest absolute Gasteiger partial charge is 0.382 e. The summed E-state index contributed by atoms with van der Waals surface area (Å²) in [6.45, 7) is 6.01. The number of benzene rings is 1. The first-order chi connectivity index (χ1) is 13.7. The van der Waals surface area contributed by atoms with Gasteiger partial charge in [0, 0.05) is 45.5 Å². The van der Waals surface area contributed by atoms with Crippen molar-refractivity contribution in [2.45, 2.75) is 45.4 Å². The molecule has 6 nitrogen and oxygen atoms in total. The second kappa shape index (κ2) is 12.4. The van der Waals surface area contributed by atoms with Crippen LogP contribution in [0.2, 0.25) is 0 Å². The Morgan fingerprint density at radius 2 is 1.82 bits per heavy atom. The van der Waals surface area contributed by atoms with Crippen LogP contribution in [0.15, 0.2) is 35.3 Å². The molecule has 0 bridgehead atoms. The second-order valence-electron chi connectivity index (χ2n) is 7.48. The number of ether oxygens (including phenoxy) is 1. The van der Waals surface area contributed by atoms with Gasteiger partial charge in [-0.1, -0.05) is 31.0 Å². The van der Waals surface area contributed by atoms with Crippen molar-refractivity contribution in [1.82, 2.24) is 16.0 Å². The molecular formula is C22H36N4O2. The average Bonchev–Trinajstić information content (AvgIpc) is 3.19. The molecular weight excluding hydrogens is 352 g/mol. The van der Waals surface area contributed by atoms with Crippen LogP contribution in [-0.2, 0) is 4.74 Å². The molecule has 1 aliphatic carbocycles. The average molecular weight is 389 g/mol. The summed E-state index contributed by atoms with van der Waals surface area (Å²) in [4.78, 5) is 16.3. The lowest BCUT2D eigenvalue weighted by molar-refractivity contribution is 0.0953. The van der Waals surface area contributed by atoms with Crippen molar-refractivity contribution >= 4 is 11.9 Å². The highest BCUT2D eigenvalue weighted by Gasteiger charge is 2.33. The van der Waals surface area contributed by atoms with Crippen molar-refractivity contribution in [3.8, 4) is 0 Å². The number of aliphatic imine (C=N–C) groups is 1. The van der Waals surface area contributed by atoms with Crippen LogP contribution in [0, 0.1) is 5.41 Å². The maximum Gasteiger partial charge on any atom is 0.251 e. The molecule has 0 atom stereocenters. The summed E-state index contributed by atoms with van der Waals surface area (Å²) >= 11 is 0. The van der Waals surface area contributed by atoms with E-state index in [0.717, 1.165) is 45.1 Å². The highest BCUT2D eigenvalue weighted by atomic mass is 16.5. The number of guanidine groups is 1. The SMILES string of the molecule is CCOCCC1(CNC(=NC)NCCCNC(=O)c2ccccc2)CCCC1. The van der Waals surface area contributed by atoms with Crippen molar-refractivity contribution in [3.63, 3.8) is 0 Å². The van der Waals surface area contributed by atoms with Gasteiger partial charge in [-0.2, -0.15) is 0 Å². The topological polar surface area (TPSA) is 74.8 Å². The number of hydrogen-bond acceptors (Lipinski definition) is 3. The third-order valence-corrected chi connectivity index (χ3v) is 5.47. The van der Waals surface area contributed by atoms with Crippen LogP contribution in [0.5, 0.6) is 0 Å². The van der Waals surface area contributed by atoms with Crippen molar-refractivity contribution in [2.24, 2.45) is 10.4 Å². The van der Waals surface area contributed by atoms with Crippen molar-refractivity contribution in [2.75, 3.05) is 39.9 Å². The van der Waals surface area contributed by atoms with Gasteiger partial charge in [0.05, 0.1) is 0 Å².